The van der Waals surface area contributed by atoms with Gasteiger partial charge < -0.3 is 10.6 Å². The van der Waals surface area contributed by atoms with Crippen LogP contribution in [0.2, 0.25) is 0 Å². The van der Waals surface area contributed by atoms with Crippen molar-refractivity contribution in [1.82, 2.24) is 15.5 Å². The number of amides is 2. The van der Waals surface area contributed by atoms with Crippen LogP contribution < -0.4 is 10.6 Å². The molecule has 1 aromatic heterocycles. The van der Waals surface area contributed by atoms with E-state index in [4.69, 9.17) is 0 Å². The number of aromatic nitrogens is 2. The van der Waals surface area contributed by atoms with Gasteiger partial charge >= 0.3 is 11.8 Å². The zero-order valence-electron chi connectivity index (χ0n) is 15.1. The number of hydrogen-bond acceptors (Lipinski definition) is 4. The summed E-state index contributed by atoms with van der Waals surface area (Å²) >= 11 is 1.54. The van der Waals surface area contributed by atoms with Gasteiger partial charge in [0, 0.05) is 21.5 Å². The Morgan fingerprint density at radius 3 is 2.68 bits per heavy atom. The van der Waals surface area contributed by atoms with Gasteiger partial charge in [-0.25, -0.2) is 0 Å². The predicted molar refractivity (Wildman–Crippen MR) is 108 cm³/mol. The summed E-state index contributed by atoms with van der Waals surface area (Å²) in [5.41, 5.74) is 2.83. The van der Waals surface area contributed by atoms with E-state index in [1.165, 1.54) is 0 Å². The fourth-order valence-corrected chi connectivity index (χ4v) is 4.17. The predicted octanol–water partition coefficient (Wildman–Crippen LogP) is 3.17. The molecule has 4 rings (SSSR count). The number of fused-ring (bicyclic) bond motifs is 1. The van der Waals surface area contributed by atoms with Crippen molar-refractivity contribution in [3.05, 3.63) is 72.1 Å². The minimum Gasteiger partial charge on any atom is -0.345 e. The second kappa shape index (κ2) is 8.31. The van der Waals surface area contributed by atoms with Gasteiger partial charge in [-0.05, 0) is 49.1 Å². The maximum atomic E-state index is 12.4. The normalized spacial score (nSPS) is 15.5. The fourth-order valence-electron chi connectivity index (χ4n) is 3.24. The van der Waals surface area contributed by atoms with Crippen LogP contribution in [0.15, 0.2) is 70.6 Å². The Morgan fingerprint density at radius 2 is 1.82 bits per heavy atom. The van der Waals surface area contributed by atoms with Gasteiger partial charge in [0.25, 0.3) is 0 Å². The van der Waals surface area contributed by atoms with E-state index in [1.54, 1.807) is 24.0 Å². The van der Waals surface area contributed by atoms with E-state index in [-0.39, 0.29) is 6.04 Å². The Labute approximate surface area is 167 Å². The molecule has 0 aliphatic heterocycles. The van der Waals surface area contributed by atoms with Gasteiger partial charge in [-0.2, -0.15) is 5.10 Å². The van der Waals surface area contributed by atoms with Crippen LogP contribution in [0.1, 0.15) is 17.7 Å². The summed E-state index contributed by atoms with van der Waals surface area (Å²) in [6.45, 7) is 0. The Bertz CT molecular complexity index is 987. The molecule has 7 heteroatoms. The van der Waals surface area contributed by atoms with Gasteiger partial charge in [0.05, 0.1) is 11.9 Å². The topological polar surface area (TPSA) is 86.9 Å². The number of carbonyl (C=O) groups is 2. The lowest BCUT2D eigenvalue weighted by molar-refractivity contribution is -0.136. The Kier molecular flexibility index (Phi) is 5.43. The van der Waals surface area contributed by atoms with Crippen molar-refractivity contribution in [2.75, 3.05) is 5.32 Å². The van der Waals surface area contributed by atoms with E-state index >= 15 is 0 Å². The first kappa shape index (κ1) is 18.3. The molecule has 1 aliphatic carbocycles. The van der Waals surface area contributed by atoms with Gasteiger partial charge in [0.15, 0.2) is 0 Å². The van der Waals surface area contributed by atoms with Crippen molar-refractivity contribution in [3.8, 4) is 0 Å². The second-order valence-corrected chi connectivity index (χ2v) is 7.77. The molecule has 2 amide bonds. The SMILES string of the molecule is O=C(Nc1ccccc1Sc1ccccc1)C(=O)N[C@H]1CCc2[nH]ncc2C1. The van der Waals surface area contributed by atoms with Gasteiger partial charge in [0.2, 0.25) is 0 Å². The Morgan fingerprint density at radius 1 is 1.04 bits per heavy atom. The standard InChI is InChI=1S/C21H20N4O2S/c26-20(23-15-10-11-17-14(12-15)13-22-25-17)21(27)24-18-8-4-5-9-19(18)28-16-6-2-1-3-7-16/h1-9,13,15H,10-12H2,(H,22,25)(H,23,26)(H,24,27)/t15-/m0/s1. The summed E-state index contributed by atoms with van der Waals surface area (Å²) in [7, 11) is 0. The number of rotatable bonds is 4. The average molecular weight is 392 g/mol. The zero-order valence-corrected chi connectivity index (χ0v) is 16.0. The third kappa shape index (κ3) is 4.26. The molecule has 0 radical (unpaired) electrons. The molecular formula is C21H20N4O2S. The van der Waals surface area contributed by atoms with E-state index in [1.807, 2.05) is 48.5 Å². The van der Waals surface area contributed by atoms with Crippen LogP contribution >= 0.6 is 11.8 Å². The minimum absolute atomic E-state index is 0.0581. The van der Waals surface area contributed by atoms with Crippen molar-refractivity contribution < 1.29 is 9.59 Å². The third-order valence-electron chi connectivity index (χ3n) is 4.66. The van der Waals surface area contributed by atoms with E-state index in [0.717, 1.165) is 33.9 Å². The summed E-state index contributed by atoms with van der Waals surface area (Å²) < 4.78 is 0. The van der Waals surface area contributed by atoms with Gasteiger partial charge in [-0.15, -0.1) is 0 Å². The van der Waals surface area contributed by atoms with Crippen LogP contribution in [0.5, 0.6) is 0 Å². The quantitative estimate of drug-likeness (QED) is 0.595. The molecule has 1 atom stereocenters. The maximum absolute atomic E-state index is 12.4. The lowest BCUT2D eigenvalue weighted by atomic mass is 9.93. The molecule has 0 unspecified atom stereocenters. The third-order valence-corrected chi connectivity index (χ3v) is 5.75. The number of H-pyrrole nitrogens is 1. The van der Waals surface area contributed by atoms with E-state index in [9.17, 15) is 9.59 Å². The number of aryl methyl sites for hydroxylation is 1. The molecule has 3 N–H and O–H groups in total. The molecular weight excluding hydrogens is 372 g/mol. The smallest absolute Gasteiger partial charge is 0.313 e. The fraction of sp³-hybridized carbons (Fsp3) is 0.190. The molecule has 2 aromatic carbocycles. The first-order valence-corrected chi connectivity index (χ1v) is 9.95. The van der Waals surface area contributed by atoms with Crippen LogP contribution in [-0.4, -0.2) is 28.1 Å². The highest BCUT2D eigenvalue weighted by atomic mass is 32.2. The zero-order chi connectivity index (χ0) is 19.3. The summed E-state index contributed by atoms with van der Waals surface area (Å²) in [6, 6.07) is 17.3. The van der Waals surface area contributed by atoms with Crippen molar-refractivity contribution in [3.63, 3.8) is 0 Å². The monoisotopic (exact) mass is 392 g/mol. The molecule has 28 heavy (non-hydrogen) atoms. The summed E-state index contributed by atoms with van der Waals surface area (Å²) in [5.74, 6) is -1.27. The number of carbonyl (C=O) groups excluding carboxylic acids is 2. The maximum Gasteiger partial charge on any atom is 0.313 e. The number of nitrogens with zero attached hydrogens (tertiary/aromatic N) is 1. The van der Waals surface area contributed by atoms with Gasteiger partial charge in [0.1, 0.15) is 0 Å². The van der Waals surface area contributed by atoms with Gasteiger partial charge in [-0.1, -0.05) is 42.1 Å². The number of nitrogens with one attached hydrogen (secondary N) is 3. The molecule has 0 spiro atoms. The lowest BCUT2D eigenvalue weighted by Crippen LogP contribution is -2.44. The lowest BCUT2D eigenvalue weighted by Gasteiger charge is -2.22. The van der Waals surface area contributed by atoms with Crippen LogP contribution in [-0.2, 0) is 22.4 Å². The highest BCUT2D eigenvalue weighted by Crippen LogP contribution is 2.33. The van der Waals surface area contributed by atoms with Crippen molar-refractivity contribution in [1.29, 1.82) is 0 Å². The van der Waals surface area contributed by atoms with Crippen LogP contribution in [0, 0.1) is 0 Å². The molecule has 0 saturated heterocycles. The number of aromatic amines is 1. The van der Waals surface area contributed by atoms with Crippen molar-refractivity contribution in [2.24, 2.45) is 0 Å². The summed E-state index contributed by atoms with van der Waals surface area (Å²) in [6.07, 6.45) is 4.07. The molecule has 1 aliphatic rings. The summed E-state index contributed by atoms with van der Waals surface area (Å²) in [4.78, 5) is 26.8. The highest BCUT2D eigenvalue weighted by Gasteiger charge is 2.24. The van der Waals surface area contributed by atoms with Gasteiger partial charge in [-0.3, -0.25) is 14.7 Å². The largest absolute Gasteiger partial charge is 0.345 e. The average Bonchev–Trinajstić information content (AvgIpc) is 3.18. The van der Waals surface area contributed by atoms with Crippen LogP contribution in [0.25, 0.3) is 0 Å². The number of para-hydroxylation sites is 1. The Hall–Kier alpha value is -3.06. The highest BCUT2D eigenvalue weighted by molar-refractivity contribution is 7.99. The van der Waals surface area contributed by atoms with E-state index in [0.29, 0.717) is 12.1 Å². The molecule has 1 heterocycles. The number of benzene rings is 2. The minimum atomic E-state index is -0.654. The van der Waals surface area contributed by atoms with Crippen LogP contribution in [0.4, 0.5) is 5.69 Å². The molecule has 3 aromatic rings. The van der Waals surface area contributed by atoms with E-state index in [2.05, 4.69) is 20.8 Å². The second-order valence-electron chi connectivity index (χ2n) is 6.65. The van der Waals surface area contributed by atoms with Crippen molar-refractivity contribution in [2.45, 2.75) is 35.1 Å². The Balaban J connectivity index is 1.39. The first-order chi connectivity index (χ1) is 13.7. The molecule has 142 valence electrons. The van der Waals surface area contributed by atoms with E-state index < -0.39 is 11.8 Å². The first-order valence-electron chi connectivity index (χ1n) is 9.14. The van der Waals surface area contributed by atoms with Crippen molar-refractivity contribution >= 4 is 29.3 Å². The molecule has 0 saturated carbocycles. The number of anilines is 1. The summed E-state index contributed by atoms with van der Waals surface area (Å²) in [5, 5.41) is 12.6. The molecule has 0 fully saturated rings. The molecule has 6 nitrogen and oxygen atoms in total. The number of hydrogen-bond donors (Lipinski definition) is 3. The molecule has 0 bridgehead atoms. The van der Waals surface area contributed by atoms with Crippen LogP contribution in [0.3, 0.4) is 0 Å².